The average Bonchev–Trinajstić information content (AvgIpc) is 2.40. The molecule has 16 heavy (non-hydrogen) atoms. The third kappa shape index (κ3) is 2.32. The molecular formula is C12H17NO3. The minimum Gasteiger partial charge on any atom is -0.466 e. The van der Waals surface area contributed by atoms with Crippen LogP contribution in [0.1, 0.15) is 41.3 Å². The summed E-state index contributed by atoms with van der Waals surface area (Å²) in [7, 11) is 0. The molecule has 1 aromatic rings. The summed E-state index contributed by atoms with van der Waals surface area (Å²) in [5, 5.41) is 2.64. The van der Waals surface area contributed by atoms with E-state index in [9.17, 15) is 9.59 Å². The van der Waals surface area contributed by atoms with E-state index in [1.165, 1.54) is 6.92 Å². The molecule has 0 fully saturated rings. The molecule has 1 amide bonds. The zero-order chi connectivity index (χ0) is 12.5. The number of carbonyl (C=O) groups excluding carboxylic acids is 2. The van der Waals surface area contributed by atoms with Gasteiger partial charge in [0, 0.05) is 5.56 Å². The molecule has 0 saturated heterocycles. The average molecular weight is 223 g/mol. The highest BCUT2D eigenvalue weighted by atomic mass is 16.3. The summed E-state index contributed by atoms with van der Waals surface area (Å²) in [5.41, 5.74) is 1.36. The second-order valence-electron chi connectivity index (χ2n) is 4.02. The summed E-state index contributed by atoms with van der Waals surface area (Å²) in [6.07, 6.45) is 0. The van der Waals surface area contributed by atoms with E-state index in [0.717, 1.165) is 11.3 Å². The van der Waals surface area contributed by atoms with Crippen molar-refractivity contribution in [2.45, 2.75) is 40.7 Å². The molecule has 0 aromatic carbocycles. The Morgan fingerprint density at radius 3 is 2.12 bits per heavy atom. The van der Waals surface area contributed by atoms with Crippen LogP contribution in [-0.2, 0) is 4.79 Å². The first kappa shape index (κ1) is 12.5. The molecule has 1 unspecified atom stereocenters. The molecule has 1 atom stereocenters. The van der Waals surface area contributed by atoms with Crippen LogP contribution in [-0.4, -0.2) is 17.7 Å². The van der Waals surface area contributed by atoms with Crippen molar-refractivity contribution in [3.63, 3.8) is 0 Å². The largest absolute Gasteiger partial charge is 0.466 e. The topological polar surface area (TPSA) is 59.3 Å². The van der Waals surface area contributed by atoms with E-state index in [0.29, 0.717) is 11.3 Å². The number of furan rings is 1. The summed E-state index contributed by atoms with van der Waals surface area (Å²) in [4.78, 5) is 22.9. The highest BCUT2D eigenvalue weighted by molar-refractivity contribution is 5.99. The van der Waals surface area contributed by atoms with Crippen molar-refractivity contribution < 1.29 is 14.0 Å². The Labute approximate surface area is 95.0 Å². The first-order chi connectivity index (χ1) is 7.34. The van der Waals surface area contributed by atoms with E-state index in [2.05, 4.69) is 5.32 Å². The van der Waals surface area contributed by atoms with Crippen molar-refractivity contribution in [2.24, 2.45) is 0 Å². The number of amides is 1. The number of aryl methyl sites for hydroxylation is 2. The Balaban J connectivity index is 2.93. The number of nitrogens with one attached hydrogen (secondary N) is 1. The molecule has 0 radical (unpaired) electrons. The van der Waals surface area contributed by atoms with Gasteiger partial charge in [0.25, 0.3) is 5.91 Å². The van der Waals surface area contributed by atoms with E-state index in [-0.39, 0.29) is 11.7 Å². The Morgan fingerprint density at radius 1 is 1.19 bits per heavy atom. The third-order valence-electron chi connectivity index (χ3n) is 2.75. The van der Waals surface area contributed by atoms with Crippen LogP contribution in [0.2, 0.25) is 0 Å². The van der Waals surface area contributed by atoms with Crippen molar-refractivity contribution in [1.82, 2.24) is 5.32 Å². The lowest BCUT2D eigenvalue weighted by Crippen LogP contribution is -2.37. The van der Waals surface area contributed by atoms with Gasteiger partial charge in [-0.2, -0.15) is 0 Å². The van der Waals surface area contributed by atoms with Crippen LogP contribution in [0.25, 0.3) is 0 Å². The molecule has 1 heterocycles. The maximum atomic E-state index is 11.9. The van der Waals surface area contributed by atoms with Crippen LogP contribution in [0.4, 0.5) is 0 Å². The molecule has 0 aliphatic heterocycles. The summed E-state index contributed by atoms with van der Waals surface area (Å²) in [6.45, 7) is 8.50. The van der Waals surface area contributed by atoms with Crippen molar-refractivity contribution in [3.8, 4) is 0 Å². The van der Waals surface area contributed by atoms with Gasteiger partial charge in [0.1, 0.15) is 11.5 Å². The third-order valence-corrected chi connectivity index (χ3v) is 2.75. The molecule has 0 spiro atoms. The minimum absolute atomic E-state index is 0.0659. The summed E-state index contributed by atoms with van der Waals surface area (Å²) < 4.78 is 5.36. The van der Waals surface area contributed by atoms with Gasteiger partial charge in [-0.3, -0.25) is 9.59 Å². The molecule has 0 bridgehead atoms. The van der Waals surface area contributed by atoms with Crippen LogP contribution in [0.5, 0.6) is 0 Å². The Bertz CT molecular complexity index is 432. The number of Topliss-reactive ketones (excluding diaryl/α,β-unsaturated/α-hetero) is 1. The van der Waals surface area contributed by atoms with Gasteiger partial charge >= 0.3 is 0 Å². The van der Waals surface area contributed by atoms with E-state index in [1.54, 1.807) is 13.8 Å². The number of ketones is 1. The van der Waals surface area contributed by atoms with Crippen LogP contribution in [0.15, 0.2) is 4.42 Å². The minimum atomic E-state index is -0.471. The van der Waals surface area contributed by atoms with Gasteiger partial charge < -0.3 is 9.73 Å². The van der Waals surface area contributed by atoms with Gasteiger partial charge in [0.2, 0.25) is 0 Å². The van der Waals surface area contributed by atoms with Gasteiger partial charge in [0.05, 0.1) is 11.6 Å². The van der Waals surface area contributed by atoms with Crippen LogP contribution >= 0.6 is 0 Å². The number of rotatable bonds is 3. The number of hydrogen-bond acceptors (Lipinski definition) is 3. The number of hydrogen-bond donors (Lipinski definition) is 1. The summed E-state index contributed by atoms with van der Waals surface area (Å²) >= 11 is 0. The lowest BCUT2D eigenvalue weighted by atomic mass is 10.1. The molecule has 4 heteroatoms. The Hall–Kier alpha value is -1.58. The molecule has 1 aromatic heterocycles. The lowest BCUT2D eigenvalue weighted by molar-refractivity contribution is -0.118. The van der Waals surface area contributed by atoms with Gasteiger partial charge in [-0.05, 0) is 34.6 Å². The first-order valence-electron chi connectivity index (χ1n) is 5.22. The molecular weight excluding hydrogens is 206 g/mol. The monoisotopic (exact) mass is 223 g/mol. The van der Waals surface area contributed by atoms with Gasteiger partial charge in [-0.25, -0.2) is 0 Å². The van der Waals surface area contributed by atoms with E-state index in [4.69, 9.17) is 4.42 Å². The molecule has 4 nitrogen and oxygen atoms in total. The second kappa shape index (κ2) is 4.51. The zero-order valence-electron chi connectivity index (χ0n) is 10.3. The quantitative estimate of drug-likeness (QED) is 0.851. The fraction of sp³-hybridized carbons (Fsp3) is 0.500. The van der Waals surface area contributed by atoms with Gasteiger partial charge in [-0.1, -0.05) is 0 Å². The fourth-order valence-corrected chi connectivity index (χ4v) is 1.50. The van der Waals surface area contributed by atoms with Crippen molar-refractivity contribution in [2.75, 3.05) is 0 Å². The molecule has 88 valence electrons. The highest BCUT2D eigenvalue weighted by Crippen LogP contribution is 2.20. The van der Waals surface area contributed by atoms with E-state index < -0.39 is 6.04 Å². The normalized spacial score (nSPS) is 12.3. The first-order valence-corrected chi connectivity index (χ1v) is 5.22. The second-order valence-corrected chi connectivity index (χ2v) is 4.02. The maximum Gasteiger partial charge on any atom is 0.255 e. The highest BCUT2D eigenvalue weighted by Gasteiger charge is 2.20. The Morgan fingerprint density at radius 2 is 1.75 bits per heavy atom. The smallest absolute Gasteiger partial charge is 0.255 e. The zero-order valence-corrected chi connectivity index (χ0v) is 10.3. The van der Waals surface area contributed by atoms with Gasteiger partial charge in [-0.15, -0.1) is 0 Å². The van der Waals surface area contributed by atoms with Crippen molar-refractivity contribution in [3.05, 3.63) is 22.6 Å². The maximum absolute atomic E-state index is 11.9. The van der Waals surface area contributed by atoms with Crippen LogP contribution in [0, 0.1) is 20.8 Å². The predicted octanol–water partition coefficient (Wildman–Crippen LogP) is 1.91. The SMILES string of the molecule is CC(=O)C(C)NC(=O)c1c(C)oc(C)c1C. The predicted molar refractivity (Wildman–Crippen MR) is 60.5 cm³/mol. The molecule has 0 aliphatic carbocycles. The summed E-state index contributed by atoms with van der Waals surface area (Å²) in [6, 6.07) is -0.471. The van der Waals surface area contributed by atoms with Crippen LogP contribution < -0.4 is 5.32 Å². The molecule has 1 rings (SSSR count). The standard InChI is InChI=1S/C12H17NO3/c1-6-9(4)16-10(5)11(6)12(15)13-7(2)8(3)14/h7H,1-5H3,(H,13,15). The van der Waals surface area contributed by atoms with E-state index >= 15 is 0 Å². The van der Waals surface area contributed by atoms with Crippen LogP contribution in [0.3, 0.4) is 0 Å². The van der Waals surface area contributed by atoms with Gasteiger partial charge in [0.15, 0.2) is 5.78 Å². The van der Waals surface area contributed by atoms with E-state index in [1.807, 2.05) is 13.8 Å². The molecule has 1 N–H and O–H groups in total. The summed E-state index contributed by atoms with van der Waals surface area (Å²) in [5.74, 6) is 1.000. The number of carbonyl (C=O) groups is 2. The fourth-order valence-electron chi connectivity index (χ4n) is 1.50. The van der Waals surface area contributed by atoms with Crippen molar-refractivity contribution in [1.29, 1.82) is 0 Å². The van der Waals surface area contributed by atoms with Crippen molar-refractivity contribution >= 4 is 11.7 Å². The molecule has 0 aliphatic rings. The molecule has 0 saturated carbocycles. The lowest BCUT2D eigenvalue weighted by Gasteiger charge is -2.10. The Kier molecular flexibility index (Phi) is 3.52.